The fourth-order valence-electron chi connectivity index (χ4n) is 2.10. The third kappa shape index (κ3) is 3.57. The number of aromatic carboxylic acids is 1. The summed E-state index contributed by atoms with van der Waals surface area (Å²) in [6, 6.07) is 9.14. The van der Waals surface area contributed by atoms with E-state index in [1.807, 2.05) is 0 Å². The minimum Gasteiger partial charge on any atom is -0.497 e. The van der Waals surface area contributed by atoms with Gasteiger partial charge in [0.2, 0.25) is 0 Å². The highest BCUT2D eigenvalue weighted by Gasteiger charge is 2.18. The lowest BCUT2D eigenvalue weighted by Crippen LogP contribution is -2.15. The molecule has 0 fully saturated rings. The first-order valence-electron chi connectivity index (χ1n) is 6.95. The van der Waals surface area contributed by atoms with Crippen LogP contribution in [0.5, 0.6) is 17.2 Å². The first-order valence-corrected chi connectivity index (χ1v) is 6.95. The molecule has 126 valence electrons. The lowest BCUT2D eigenvalue weighted by atomic mass is 10.1. The third-order valence-electron chi connectivity index (χ3n) is 3.35. The first kappa shape index (κ1) is 17.1. The number of hydrogen-bond acceptors (Lipinski definition) is 5. The summed E-state index contributed by atoms with van der Waals surface area (Å²) in [5.74, 6) is -0.456. The van der Waals surface area contributed by atoms with Crippen molar-refractivity contribution in [3.05, 3.63) is 47.5 Å². The van der Waals surface area contributed by atoms with Gasteiger partial charge in [-0.25, -0.2) is 4.79 Å². The molecule has 0 heterocycles. The molecule has 0 atom stereocenters. The zero-order valence-corrected chi connectivity index (χ0v) is 13.5. The Kier molecular flexibility index (Phi) is 5.26. The van der Waals surface area contributed by atoms with Crippen LogP contribution in [0.4, 0.5) is 5.69 Å². The van der Waals surface area contributed by atoms with Crippen molar-refractivity contribution in [2.24, 2.45) is 0 Å². The fraction of sp³-hybridized carbons (Fsp3) is 0.176. The molecule has 7 nitrogen and oxygen atoms in total. The molecular formula is C17H17NO6. The summed E-state index contributed by atoms with van der Waals surface area (Å²) in [4.78, 5) is 23.8. The van der Waals surface area contributed by atoms with Crippen LogP contribution in [0.1, 0.15) is 20.7 Å². The van der Waals surface area contributed by atoms with Crippen molar-refractivity contribution >= 4 is 17.6 Å². The number of carbonyl (C=O) groups excluding carboxylic acids is 1. The van der Waals surface area contributed by atoms with Gasteiger partial charge in [0.05, 0.1) is 32.6 Å². The minimum atomic E-state index is -1.19. The Bertz CT molecular complexity index is 754. The monoisotopic (exact) mass is 331 g/mol. The van der Waals surface area contributed by atoms with Gasteiger partial charge >= 0.3 is 5.97 Å². The van der Waals surface area contributed by atoms with Crippen molar-refractivity contribution < 1.29 is 28.9 Å². The summed E-state index contributed by atoms with van der Waals surface area (Å²) < 4.78 is 15.3. The molecule has 2 aromatic rings. The normalized spacial score (nSPS) is 9.96. The lowest BCUT2D eigenvalue weighted by Gasteiger charge is -2.14. The molecule has 0 spiro atoms. The number of anilines is 1. The maximum Gasteiger partial charge on any atom is 0.337 e. The van der Waals surface area contributed by atoms with Crippen molar-refractivity contribution in [1.82, 2.24) is 0 Å². The molecule has 0 aromatic heterocycles. The molecule has 0 unspecified atom stereocenters. The Morgan fingerprint density at radius 2 is 1.50 bits per heavy atom. The second-order valence-electron chi connectivity index (χ2n) is 4.74. The number of rotatable bonds is 6. The van der Waals surface area contributed by atoms with Gasteiger partial charge in [0.25, 0.3) is 5.91 Å². The summed E-state index contributed by atoms with van der Waals surface area (Å²) in [5.41, 5.74) is 0.373. The number of carbonyl (C=O) groups is 2. The highest BCUT2D eigenvalue weighted by Crippen LogP contribution is 2.33. The van der Waals surface area contributed by atoms with E-state index in [9.17, 15) is 14.7 Å². The molecule has 2 rings (SSSR count). The third-order valence-corrected chi connectivity index (χ3v) is 3.35. The highest BCUT2D eigenvalue weighted by molar-refractivity contribution is 6.08. The number of methoxy groups -OCH3 is 3. The zero-order chi connectivity index (χ0) is 17.7. The molecular weight excluding hydrogens is 314 g/mol. The predicted molar refractivity (Wildman–Crippen MR) is 87.5 cm³/mol. The smallest absolute Gasteiger partial charge is 0.337 e. The number of amides is 1. The van der Waals surface area contributed by atoms with Crippen molar-refractivity contribution in [2.75, 3.05) is 26.6 Å². The lowest BCUT2D eigenvalue weighted by molar-refractivity contribution is 0.0697. The summed E-state index contributed by atoms with van der Waals surface area (Å²) in [7, 11) is 4.35. The quantitative estimate of drug-likeness (QED) is 0.845. The Labute approximate surface area is 138 Å². The van der Waals surface area contributed by atoms with Crippen molar-refractivity contribution in [1.29, 1.82) is 0 Å². The Morgan fingerprint density at radius 3 is 2.00 bits per heavy atom. The number of hydrogen-bond donors (Lipinski definition) is 2. The zero-order valence-electron chi connectivity index (χ0n) is 13.5. The van der Waals surface area contributed by atoms with Gasteiger partial charge in [-0.15, -0.1) is 0 Å². The van der Waals surface area contributed by atoms with Crippen LogP contribution in [-0.4, -0.2) is 38.3 Å². The summed E-state index contributed by atoms with van der Waals surface area (Å²) in [6.45, 7) is 0. The van der Waals surface area contributed by atoms with Gasteiger partial charge in [-0.3, -0.25) is 4.79 Å². The van der Waals surface area contributed by atoms with Gasteiger partial charge in [-0.05, 0) is 24.3 Å². The van der Waals surface area contributed by atoms with E-state index in [1.54, 1.807) is 24.3 Å². The predicted octanol–water partition coefficient (Wildman–Crippen LogP) is 2.66. The average molecular weight is 331 g/mol. The number of nitrogens with one attached hydrogen (secondary N) is 1. The van der Waals surface area contributed by atoms with Gasteiger partial charge in [-0.2, -0.15) is 0 Å². The summed E-state index contributed by atoms with van der Waals surface area (Å²) >= 11 is 0. The molecule has 0 radical (unpaired) electrons. The SMILES string of the molecule is COc1ccc(C(=O)Nc2cc(OC)c(OC)cc2C(=O)O)cc1. The van der Waals surface area contributed by atoms with E-state index < -0.39 is 11.9 Å². The largest absolute Gasteiger partial charge is 0.497 e. The molecule has 24 heavy (non-hydrogen) atoms. The van der Waals surface area contributed by atoms with Gasteiger partial charge in [0, 0.05) is 17.7 Å². The topological polar surface area (TPSA) is 94.1 Å². The van der Waals surface area contributed by atoms with Crippen LogP contribution in [-0.2, 0) is 0 Å². The van der Waals surface area contributed by atoms with Crippen molar-refractivity contribution in [3.8, 4) is 17.2 Å². The van der Waals surface area contributed by atoms with E-state index in [2.05, 4.69) is 5.32 Å². The maximum atomic E-state index is 12.3. The van der Waals surface area contributed by atoms with E-state index in [4.69, 9.17) is 14.2 Å². The standard InChI is InChI=1S/C17H17NO6/c1-22-11-6-4-10(5-7-11)16(19)18-13-9-15(24-3)14(23-2)8-12(13)17(20)21/h4-9H,1-3H3,(H,18,19)(H,20,21). The van der Waals surface area contributed by atoms with Gasteiger partial charge in [0.15, 0.2) is 11.5 Å². The Hall–Kier alpha value is -3.22. The maximum absolute atomic E-state index is 12.3. The van der Waals surface area contributed by atoms with E-state index in [0.29, 0.717) is 17.1 Å². The van der Waals surface area contributed by atoms with Crippen LogP contribution < -0.4 is 19.5 Å². The van der Waals surface area contributed by atoms with Crippen LogP contribution in [0.3, 0.4) is 0 Å². The second kappa shape index (κ2) is 7.36. The molecule has 0 bridgehead atoms. The van der Waals surface area contributed by atoms with E-state index in [-0.39, 0.29) is 17.0 Å². The average Bonchev–Trinajstić information content (AvgIpc) is 2.61. The van der Waals surface area contributed by atoms with E-state index in [0.717, 1.165) is 0 Å². The minimum absolute atomic E-state index is 0.102. The second-order valence-corrected chi connectivity index (χ2v) is 4.74. The van der Waals surface area contributed by atoms with Gasteiger partial charge in [-0.1, -0.05) is 0 Å². The number of benzene rings is 2. The summed E-state index contributed by atoms with van der Waals surface area (Å²) in [5, 5.41) is 11.9. The van der Waals surface area contributed by atoms with Gasteiger partial charge < -0.3 is 24.6 Å². The number of carboxylic acid groups (broad SMARTS) is 1. The molecule has 0 saturated heterocycles. The van der Waals surface area contributed by atoms with Crippen molar-refractivity contribution in [2.45, 2.75) is 0 Å². The molecule has 2 aromatic carbocycles. The number of carboxylic acids is 1. The van der Waals surface area contributed by atoms with Crippen molar-refractivity contribution in [3.63, 3.8) is 0 Å². The molecule has 0 aliphatic rings. The van der Waals surface area contributed by atoms with E-state index >= 15 is 0 Å². The molecule has 0 saturated carbocycles. The van der Waals surface area contributed by atoms with Crippen LogP contribution in [0, 0.1) is 0 Å². The Balaban J connectivity index is 2.36. The van der Waals surface area contributed by atoms with Crippen LogP contribution in [0.15, 0.2) is 36.4 Å². The van der Waals surface area contributed by atoms with Gasteiger partial charge in [0.1, 0.15) is 5.75 Å². The van der Waals surface area contributed by atoms with Crippen LogP contribution in [0.25, 0.3) is 0 Å². The molecule has 0 aliphatic carbocycles. The summed E-state index contributed by atoms with van der Waals surface area (Å²) in [6.07, 6.45) is 0. The van der Waals surface area contributed by atoms with Crippen LogP contribution >= 0.6 is 0 Å². The van der Waals surface area contributed by atoms with E-state index in [1.165, 1.54) is 33.5 Å². The molecule has 7 heteroatoms. The number of ether oxygens (including phenoxy) is 3. The first-order chi connectivity index (χ1) is 11.5. The molecule has 0 aliphatic heterocycles. The highest BCUT2D eigenvalue weighted by atomic mass is 16.5. The Morgan fingerprint density at radius 1 is 0.917 bits per heavy atom. The molecule has 2 N–H and O–H groups in total. The molecule has 1 amide bonds. The van der Waals surface area contributed by atoms with Crippen LogP contribution in [0.2, 0.25) is 0 Å². The fourth-order valence-corrected chi connectivity index (χ4v) is 2.10.